The smallest absolute Gasteiger partial charge is 0.344 e. The molecule has 2 atom stereocenters. The Kier molecular flexibility index (Phi) is 5.81. The lowest BCUT2D eigenvalue weighted by Crippen LogP contribution is -2.36. The number of rotatable bonds is 4. The van der Waals surface area contributed by atoms with Crippen LogP contribution < -0.4 is 5.32 Å². The molecule has 4 rings (SSSR count). The highest BCUT2D eigenvalue weighted by Crippen LogP contribution is 2.33. The zero-order valence-corrected chi connectivity index (χ0v) is 18.8. The van der Waals surface area contributed by atoms with E-state index in [1.807, 2.05) is 17.0 Å². The second kappa shape index (κ2) is 8.26. The van der Waals surface area contributed by atoms with Gasteiger partial charge >= 0.3 is 6.03 Å². The Hall–Kier alpha value is -2.42. The Balaban J connectivity index is 1.35. The molecule has 2 aromatic rings. The predicted octanol–water partition coefficient (Wildman–Crippen LogP) is 2.75. The molecular weight excluding hydrogens is 418 g/mol. The van der Waals surface area contributed by atoms with Gasteiger partial charge in [0.1, 0.15) is 0 Å². The first kappa shape index (κ1) is 21.8. The fourth-order valence-electron chi connectivity index (χ4n) is 4.55. The normalized spacial score (nSPS) is 21.4. The number of benzene rings is 1. The maximum absolute atomic E-state index is 12.8. The number of aliphatic hydroxyl groups is 1. The topological polar surface area (TPSA) is 90.7 Å². The molecule has 31 heavy (non-hydrogen) atoms. The largest absolute Gasteiger partial charge is 0.386 e. The van der Waals surface area contributed by atoms with Crippen LogP contribution in [0.2, 0.25) is 5.02 Å². The van der Waals surface area contributed by atoms with Gasteiger partial charge in [0.25, 0.3) is 0 Å². The minimum absolute atomic E-state index is 0.165. The molecule has 1 aromatic carbocycles. The molecule has 3 heterocycles. The number of anilines is 1. The molecule has 2 amide bonds. The molecule has 2 aliphatic heterocycles. The van der Waals surface area contributed by atoms with E-state index >= 15 is 0 Å². The first-order valence-electron chi connectivity index (χ1n) is 10.5. The van der Waals surface area contributed by atoms with Gasteiger partial charge in [-0.15, -0.1) is 5.10 Å². The van der Waals surface area contributed by atoms with Gasteiger partial charge < -0.3 is 15.3 Å². The van der Waals surface area contributed by atoms with Gasteiger partial charge in [-0.3, -0.25) is 9.69 Å². The van der Waals surface area contributed by atoms with Gasteiger partial charge in [0.15, 0.2) is 5.82 Å². The summed E-state index contributed by atoms with van der Waals surface area (Å²) in [5.74, 6) is 0.991. The van der Waals surface area contributed by atoms with Crippen LogP contribution in [0.25, 0.3) is 0 Å². The standard InChI is InChI=1S/C22H28ClN5O3/c1-14(29)24-20-4-5-28(25-20)21(30)27-12-16-10-26(11-17(16)13-27)9-15-6-18(22(2,3)31)8-19(23)7-15/h4-8,16-17,31H,9-13H2,1-3H3,(H,24,25,29). The molecule has 2 aliphatic rings. The average molecular weight is 446 g/mol. The highest BCUT2D eigenvalue weighted by Gasteiger charge is 2.42. The lowest BCUT2D eigenvalue weighted by molar-refractivity contribution is -0.114. The first-order chi connectivity index (χ1) is 14.6. The van der Waals surface area contributed by atoms with Crippen LogP contribution >= 0.6 is 11.6 Å². The molecule has 0 spiro atoms. The Morgan fingerprint density at radius 1 is 1.19 bits per heavy atom. The molecule has 2 unspecified atom stereocenters. The molecule has 2 fully saturated rings. The van der Waals surface area contributed by atoms with E-state index in [9.17, 15) is 14.7 Å². The molecule has 2 saturated heterocycles. The number of nitrogens with one attached hydrogen (secondary N) is 1. The van der Waals surface area contributed by atoms with Crippen LogP contribution in [0.5, 0.6) is 0 Å². The van der Waals surface area contributed by atoms with Crippen LogP contribution in [-0.2, 0) is 16.9 Å². The van der Waals surface area contributed by atoms with Gasteiger partial charge in [-0.05, 0) is 48.9 Å². The maximum Gasteiger partial charge on any atom is 0.344 e. The Labute approximate surface area is 186 Å². The Bertz CT molecular complexity index is 985. The number of fused-ring (bicyclic) bond motifs is 1. The van der Waals surface area contributed by atoms with Crippen LogP contribution in [0.4, 0.5) is 10.6 Å². The number of aromatic nitrogens is 2. The lowest BCUT2D eigenvalue weighted by Gasteiger charge is -2.23. The van der Waals surface area contributed by atoms with E-state index in [1.165, 1.54) is 11.6 Å². The third-order valence-electron chi connectivity index (χ3n) is 5.99. The molecule has 1 aromatic heterocycles. The second-order valence-electron chi connectivity index (χ2n) is 9.14. The molecule has 0 bridgehead atoms. The molecule has 2 N–H and O–H groups in total. The minimum atomic E-state index is -0.936. The quantitative estimate of drug-likeness (QED) is 0.755. The molecule has 9 heteroatoms. The van der Waals surface area contributed by atoms with Gasteiger partial charge in [-0.25, -0.2) is 4.79 Å². The van der Waals surface area contributed by atoms with Gasteiger partial charge in [0.2, 0.25) is 5.91 Å². The van der Waals surface area contributed by atoms with E-state index in [1.54, 1.807) is 32.2 Å². The number of nitrogens with zero attached hydrogens (tertiary/aromatic N) is 4. The number of carbonyl (C=O) groups excluding carboxylic acids is 2. The van der Waals surface area contributed by atoms with Gasteiger partial charge in [-0.2, -0.15) is 4.68 Å². The van der Waals surface area contributed by atoms with Crippen molar-refractivity contribution in [2.24, 2.45) is 11.8 Å². The number of carbonyl (C=O) groups is 2. The van der Waals surface area contributed by atoms with Crippen molar-refractivity contribution in [1.29, 1.82) is 0 Å². The summed E-state index contributed by atoms with van der Waals surface area (Å²) < 4.78 is 1.29. The van der Waals surface area contributed by atoms with E-state index in [0.717, 1.165) is 30.8 Å². The van der Waals surface area contributed by atoms with E-state index < -0.39 is 5.60 Å². The fourth-order valence-corrected chi connectivity index (χ4v) is 4.81. The number of hydrogen-bond donors (Lipinski definition) is 2. The summed E-state index contributed by atoms with van der Waals surface area (Å²) in [4.78, 5) is 28.2. The van der Waals surface area contributed by atoms with E-state index in [2.05, 4.69) is 15.3 Å². The third kappa shape index (κ3) is 4.92. The lowest BCUT2D eigenvalue weighted by atomic mass is 9.96. The number of amides is 2. The van der Waals surface area contributed by atoms with Crippen molar-refractivity contribution in [3.63, 3.8) is 0 Å². The number of halogens is 1. The van der Waals surface area contributed by atoms with Crippen LogP contribution in [-0.4, -0.2) is 62.8 Å². The number of hydrogen-bond acceptors (Lipinski definition) is 5. The highest BCUT2D eigenvalue weighted by molar-refractivity contribution is 6.30. The fraction of sp³-hybridized carbons (Fsp3) is 0.500. The summed E-state index contributed by atoms with van der Waals surface area (Å²) in [7, 11) is 0. The van der Waals surface area contributed by atoms with Crippen LogP contribution in [0, 0.1) is 11.8 Å². The van der Waals surface area contributed by atoms with Gasteiger partial charge in [0, 0.05) is 56.9 Å². The first-order valence-corrected chi connectivity index (χ1v) is 10.8. The van der Waals surface area contributed by atoms with Crippen molar-refractivity contribution >= 4 is 29.4 Å². The molecular formula is C22H28ClN5O3. The number of likely N-dealkylation sites (tertiary alicyclic amines) is 2. The van der Waals surface area contributed by atoms with Gasteiger partial charge in [-0.1, -0.05) is 17.7 Å². The monoisotopic (exact) mass is 445 g/mol. The second-order valence-corrected chi connectivity index (χ2v) is 9.57. The zero-order chi connectivity index (χ0) is 22.3. The van der Waals surface area contributed by atoms with Crippen molar-refractivity contribution < 1.29 is 14.7 Å². The summed E-state index contributed by atoms with van der Waals surface area (Å²) >= 11 is 6.27. The summed E-state index contributed by atoms with van der Waals surface area (Å²) in [6.07, 6.45) is 1.58. The summed E-state index contributed by atoms with van der Waals surface area (Å²) in [6, 6.07) is 7.22. The molecule has 0 radical (unpaired) electrons. The van der Waals surface area contributed by atoms with E-state index in [4.69, 9.17) is 11.6 Å². The summed E-state index contributed by atoms with van der Waals surface area (Å²) in [6.45, 7) is 8.90. The van der Waals surface area contributed by atoms with Gasteiger partial charge in [0.05, 0.1) is 5.60 Å². The molecule has 0 aliphatic carbocycles. The average Bonchev–Trinajstić information content (AvgIpc) is 3.34. The van der Waals surface area contributed by atoms with E-state index in [-0.39, 0.29) is 11.9 Å². The maximum atomic E-state index is 12.8. The predicted molar refractivity (Wildman–Crippen MR) is 118 cm³/mol. The van der Waals surface area contributed by atoms with Crippen LogP contribution in [0.15, 0.2) is 30.5 Å². The minimum Gasteiger partial charge on any atom is -0.386 e. The summed E-state index contributed by atoms with van der Waals surface area (Å²) in [5.41, 5.74) is 0.956. The highest BCUT2D eigenvalue weighted by atomic mass is 35.5. The van der Waals surface area contributed by atoms with Crippen molar-refractivity contribution in [1.82, 2.24) is 19.6 Å². The molecule has 8 nitrogen and oxygen atoms in total. The van der Waals surface area contributed by atoms with Crippen molar-refractivity contribution in [3.05, 3.63) is 46.6 Å². The Morgan fingerprint density at radius 3 is 2.48 bits per heavy atom. The van der Waals surface area contributed by atoms with Crippen LogP contribution in [0.1, 0.15) is 31.9 Å². The van der Waals surface area contributed by atoms with Crippen LogP contribution in [0.3, 0.4) is 0 Å². The summed E-state index contributed by atoms with van der Waals surface area (Å²) in [5, 5.41) is 17.7. The third-order valence-corrected chi connectivity index (χ3v) is 6.21. The van der Waals surface area contributed by atoms with E-state index in [0.29, 0.717) is 35.8 Å². The van der Waals surface area contributed by atoms with Crippen molar-refractivity contribution in [3.8, 4) is 0 Å². The SMILES string of the molecule is CC(=O)Nc1ccn(C(=O)N2CC3CN(Cc4cc(Cl)cc(C(C)(C)O)c4)CC3C2)n1. The zero-order valence-electron chi connectivity index (χ0n) is 18.0. The van der Waals surface area contributed by atoms with Crippen molar-refractivity contribution in [2.45, 2.75) is 32.9 Å². The van der Waals surface area contributed by atoms with Crippen molar-refractivity contribution in [2.75, 3.05) is 31.5 Å². The molecule has 166 valence electrons. The Morgan fingerprint density at radius 2 is 1.87 bits per heavy atom. The molecule has 0 saturated carbocycles.